The molecule has 2 N–H and O–H groups in total. The van der Waals surface area contributed by atoms with Gasteiger partial charge >= 0.3 is 6.09 Å². The highest BCUT2D eigenvalue weighted by Crippen LogP contribution is 2.33. The molecule has 226 valence electrons. The number of aromatic nitrogens is 2. The zero-order valence-electron chi connectivity index (χ0n) is 24.8. The molecule has 3 aromatic rings. The molecule has 9 nitrogen and oxygen atoms in total. The number of carbonyl (C=O) groups is 2. The molecule has 1 aliphatic heterocycles. The van der Waals surface area contributed by atoms with Crippen molar-refractivity contribution in [3.05, 3.63) is 63.8 Å². The SMILES string of the molecule is Cc1c(C(=O)NN2CCCCC2)nn(-c2ccc(Cl)cc2Cl)c1-c1ccc(OCCC(C)N(C(=O)O)C(C)(C)C)cc1. The van der Waals surface area contributed by atoms with Gasteiger partial charge in [-0.2, -0.15) is 5.10 Å². The van der Waals surface area contributed by atoms with E-state index in [2.05, 4.69) is 5.43 Å². The molecule has 1 atom stereocenters. The minimum atomic E-state index is -0.948. The van der Waals surface area contributed by atoms with Gasteiger partial charge in [0.1, 0.15) is 5.75 Å². The van der Waals surface area contributed by atoms with Gasteiger partial charge < -0.3 is 14.7 Å². The molecule has 2 amide bonds. The van der Waals surface area contributed by atoms with Crippen molar-refractivity contribution in [1.82, 2.24) is 25.1 Å². The van der Waals surface area contributed by atoms with Gasteiger partial charge in [0.25, 0.3) is 5.91 Å². The van der Waals surface area contributed by atoms with Crippen LogP contribution in [0.5, 0.6) is 5.75 Å². The number of nitrogens with zero attached hydrogens (tertiary/aromatic N) is 4. The summed E-state index contributed by atoms with van der Waals surface area (Å²) in [6.45, 7) is 11.4. The standard InChI is InChI=1S/C31H39Cl2N5O4/c1-20(37(30(40)41)31(3,4)5)15-18-42-24-12-9-22(10-13-24)28-21(2)27(29(39)35-36-16-7-6-8-17-36)34-38(28)26-14-11-23(32)19-25(26)33/h9-14,19-20H,6-8,15-18H2,1-5H3,(H,35,39)(H,40,41). The van der Waals surface area contributed by atoms with E-state index in [1.54, 1.807) is 22.9 Å². The van der Waals surface area contributed by atoms with Crippen LogP contribution in [-0.2, 0) is 0 Å². The first-order valence-electron chi connectivity index (χ1n) is 14.2. The second-order valence-corrected chi connectivity index (χ2v) is 12.5. The smallest absolute Gasteiger partial charge is 0.407 e. The van der Waals surface area contributed by atoms with Crippen molar-refractivity contribution in [3.8, 4) is 22.7 Å². The van der Waals surface area contributed by atoms with Crippen LogP contribution in [0.1, 0.15) is 69.4 Å². The Hall–Kier alpha value is -3.27. The summed E-state index contributed by atoms with van der Waals surface area (Å²) < 4.78 is 7.65. The Morgan fingerprint density at radius 2 is 1.76 bits per heavy atom. The third kappa shape index (κ3) is 7.38. The lowest BCUT2D eigenvalue weighted by molar-refractivity contribution is 0.0679. The van der Waals surface area contributed by atoms with Gasteiger partial charge in [0.15, 0.2) is 5.69 Å². The van der Waals surface area contributed by atoms with E-state index < -0.39 is 11.6 Å². The molecule has 0 radical (unpaired) electrons. The third-order valence-corrected chi connectivity index (χ3v) is 7.93. The van der Waals surface area contributed by atoms with Crippen molar-refractivity contribution in [1.29, 1.82) is 0 Å². The van der Waals surface area contributed by atoms with Crippen LogP contribution >= 0.6 is 23.2 Å². The van der Waals surface area contributed by atoms with Crippen molar-refractivity contribution < 1.29 is 19.4 Å². The number of carboxylic acid groups (broad SMARTS) is 1. The van der Waals surface area contributed by atoms with Crippen LogP contribution in [-0.4, -0.2) is 68.1 Å². The lowest BCUT2D eigenvalue weighted by Gasteiger charge is -2.38. The summed E-state index contributed by atoms with van der Waals surface area (Å²) in [5.74, 6) is 0.388. The highest BCUT2D eigenvalue weighted by molar-refractivity contribution is 6.35. The van der Waals surface area contributed by atoms with Crippen molar-refractivity contribution in [3.63, 3.8) is 0 Å². The number of amides is 2. The molecule has 11 heteroatoms. The van der Waals surface area contributed by atoms with Gasteiger partial charge in [-0.3, -0.25) is 10.2 Å². The Morgan fingerprint density at radius 1 is 1.10 bits per heavy atom. The fourth-order valence-corrected chi connectivity index (χ4v) is 5.89. The number of hydrogen-bond donors (Lipinski definition) is 2. The molecular formula is C31H39Cl2N5O4. The molecule has 0 bridgehead atoms. The average molecular weight is 617 g/mol. The maximum Gasteiger partial charge on any atom is 0.407 e. The number of hydrogen-bond acceptors (Lipinski definition) is 5. The highest BCUT2D eigenvalue weighted by Gasteiger charge is 2.30. The quantitative estimate of drug-likeness (QED) is 0.263. The fourth-order valence-electron chi connectivity index (χ4n) is 5.40. The van der Waals surface area contributed by atoms with Crippen LogP contribution < -0.4 is 10.2 Å². The van der Waals surface area contributed by atoms with Crippen molar-refractivity contribution in [2.75, 3.05) is 19.7 Å². The van der Waals surface area contributed by atoms with Crippen LogP contribution in [0.25, 0.3) is 16.9 Å². The van der Waals surface area contributed by atoms with Crippen LogP contribution in [0.15, 0.2) is 42.5 Å². The number of ether oxygens (including phenoxy) is 1. The molecule has 1 unspecified atom stereocenters. The van der Waals surface area contributed by atoms with E-state index in [9.17, 15) is 14.7 Å². The van der Waals surface area contributed by atoms with Crippen molar-refractivity contribution >= 4 is 35.2 Å². The Kier molecular flexibility index (Phi) is 10.1. The number of nitrogens with one attached hydrogen (secondary N) is 1. The van der Waals surface area contributed by atoms with Gasteiger partial charge in [0, 0.05) is 47.2 Å². The molecule has 1 aliphatic rings. The molecule has 2 aromatic carbocycles. The van der Waals surface area contributed by atoms with E-state index in [0.29, 0.717) is 45.8 Å². The van der Waals surface area contributed by atoms with Gasteiger partial charge in [-0.1, -0.05) is 29.6 Å². The largest absolute Gasteiger partial charge is 0.494 e. The molecule has 0 saturated carbocycles. The first-order chi connectivity index (χ1) is 19.9. The molecule has 42 heavy (non-hydrogen) atoms. The Bertz CT molecular complexity index is 1410. The van der Waals surface area contributed by atoms with Crippen LogP contribution in [0.3, 0.4) is 0 Å². The Morgan fingerprint density at radius 3 is 2.36 bits per heavy atom. The van der Waals surface area contributed by atoms with E-state index in [-0.39, 0.29) is 11.9 Å². The number of hydrazine groups is 1. The zero-order valence-corrected chi connectivity index (χ0v) is 26.3. The predicted octanol–water partition coefficient (Wildman–Crippen LogP) is 7.22. The maximum absolute atomic E-state index is 13.3. The third-order valence-electron chi connectivity index (χ3n) is 7.39. The summed E-state index contributed by atoms with van der Waals surface area (Å²) >= 11 is 12.7. The molecular weight excluding hydrogens is 577 g/mol. The highest BCUT2D eigenvalue weighted by atomic mass is 35.5. The Labute approximate surface area is 257 Å². The monoisotopic (exact) mass is 615 g/mol. The van der Waals surface area contributed by atoms with Gasteiger partial charge in [-0.05, 0) is 89.9 Å². The van der Waals surface area contributed by atoms with E-state index in [4.69, 9.17) is 33.0 Å². The van der Waals surface area contributed by atoms with Gasteiger partial charge in [0.2, 0.25) is 0 Å². The normalized spacial score (nSPS) is 14.8. The first-order valence-corrected chi connectivity index (χ1v) is 15.0. The molecule has 0 aliphatic carbocycles. The number of halogens is 2. The zero-order chi connectivity index (χ0) is 30.6. The molecule has 1 aromatic heterocycles. The molecule has 1 saturated heterocycles. The Balaban J connectivity index is 1.57. The van der Waals surface area contributed by atoms with Crippen LogP contribution in [0, 0.1) is 6.92 Å². The first kappa shape index (κ1) is 31.7. The number of benzene rings is 2. The average Bonchev–Trinajstić information content (AvgIpc) is 3.25. The molecule has 1 fully saturated rings. The van der Waals surface area contributed by atoms with E-state index >= 15 is 0 Å². The summed E-state index contributed by atoms with van der Waals surface area (Å²) in [7, 11) is 0. The summed E-state index contributed by atoms with van der Waals surface area (Å²) in [5, 5.41) is 17.2. The van der Waals surface area contributed by atoms with E-state index in [1.165, 1.54) is 4.90 Å². The predicted molar refractivity (Wildman–Crippen MR) is 166 cm³/mol. The second kappa shape index (κ2) is 13.4. The minimum Gasteiger partial charge on any atom is -0.494 e. The number of piperidine rings is 1. The van der Waals surface area contributed by atoms with Crippen LogP contribution in [0.4, 0.5) is 4.79 Å². The van der Waals surface area contributed by atoms with Crippen molar-refractivity contribution in [2.24, 2.45) is 0 Å². The van der Waals surface area contributed by atoms with Gasteiger partial charge in [-0.25, -0.2) is 14.5 Å². The summed E-state index contributed by atoms with van der Waals surface area (Å²) in [6.07, 6.45) is 2.84. The lowest BCUT2D eigenvalue weighted by Crippen LogP contribution is -2.50. The molecule has 2 heterocycles. The van der Waals surface area contributed by atoms with E-state index in [1.807, 2.05) is 63.9 Å². The summed E-state index contributed by atoms with van der Waals surface area (Å²) in [6, 6.07) is 12.5. The molecule has 0 spiro atoms. The van der Waals surface area contributed by atoms with E-state index in [0.717, 1.165) is 43.6 Å². The maximum atomic E-state index is 13.3. The number of rotatable bonds is 9. The lowest BCUT2D eigenvalue weighted by atomic mass is 10.0. The number of carbonyl (C=O) groups excluding carboxylic acids is 1. The van der Waals surface area contributed by atoms with Gasteiger partial charge in [-0.15, -0.1) is 0 Å². The minimum absolute atomic E-state index is 0.211. The summed E-state index contributed by atoms with van der Waals surface area (Å²) in [4.78, 5) is 26.6. The molecule has 4 rings (SSSR count). The fraction of sp³-hybridized carbons (Fsp3) is 0.452. The van der Waals surface area contributed by atoms with Gasteiger partial charge in [0.05, 0.1) is 23.0 Å². The van der Waals surface area contributed by atoms with Crippen molar-refractivity contribution in [2.45, 2.75) is 71.9 Å². The second-order valence-electron chi connectivity index (χ2n) is 11.7. The summed E-state index contributed by atoms with van der Waals surface area (Å²) in [5.41, 5.74) is 5.70. The topological polar surface area (TPSA) is 99.9 Å². The van der Waals surface area contributed by atoms with Crippen LogP contribution in [0.2, 0.25) is 10.0 Å².